The third kappa shape index (κ3) is 6.18. The predicted octanol–water partition coefficient (Wildman–Crippen LogP) is 0.838. The summed E-state index contributed by atoms with van der Waals surface area (Å²) in [6, 6.07) is 13.8. The van der Waals surface area contributed by atoms with Crippen LogP contribution in [-0.4, -0.2) is 57.6 Å². The Balaban J connectivity index is 1.41. The van der Waals surface area contributed by atoms with Crippen LogP contribution in [0.1, 0.15) is 24.2 Å². The van der Waals surface area contributed by atoms with E-state index in [2.05, 4.69) is 34.5 Å². The zero-order valence-corrected chi connectivity index (χ0v) is 18.2. The normalized spacial score (nSPS) is 14.2. The van der Waals surface area contributed by atoms with Gasteiger partial charge in [-0.1, -0.05) is 0 Å². The van der Waals surface area contributed by atoms with Crippen LogP contribution in [0.2, 0.25) is 0 Å². The van der Waals surface area contributed by atoms with Crippen molar-refractivity contribution in [2.75, 3.05) is 55.6 Å². The first-order valence-corrected chi connectivity index (χ1v) is 10.8. The summed E-state index contributed by atoms with van der Waals surface area (Å²) >= 11 is 0. The van der Waals surface area contributed by atoms with E-state index in [-0.39, 0.29) is 17.6 Å². The van der Waals surface area contributed by atoms with E-state index in [1.54, 1.807) is 24.3 Å². The molecule has 8 heteroatoms. The van der Waals surface area contributed by atoms with Gasteiger partial charge in [0.2, 0.25) is 0 Å². The Hall–Kier alpha value is -3.13. The molecular formula is C23H31FN5O2+. The molecule has 0 aliphatic carbocycles. The number of amides is 2. The van der Waals surface area contributed by atoms with Crippen molar-refractivity contribution in [3.05, 3.63) is 59.9 Å². The van der Waals surface area contributed by atoms with E-state index in [0.29, 0.717) is 12.1 Å². The molecule has 2 aromatic carbocycles. The number of nitrogens with zero attached hydrogens (tertiary/aromatic N) is 2. The van der Waals surface area contributed by atoms with Gasteiger partial charge in [-0.2, -0.15) is 0 Å². The van der Waals surface area contributed by atoms with Crippen molar-refractivity contribution in [3.8, 4) is 0 Å². The number of rotatable bonds is 7. The Kier molecular flexibility index (Phi) is 7.83. The van der Waals surface area contributed by atoms with Crippen molar-refractivity contribution in [1.29, 1.82) is 0 Å². The van der Waals surface area contributed by atoms with Crippen molar-refractivity contribution in [2.24, 2.45) is 0 Å². The summed E-state index contributed by atoms with van der Waals surface area (Å²) in [5, 5.41) is 0. The first-order chi connectivity index (χ1) is 15.0. The molecule has 1 heterocycles. The van der Waals surface area contributed by atoms with E-state index in [9.17, 15) is 14.0 Å². The fourth-order valence-electron chi connectivity index (χ4n) is 3.79. The molecule has 0 radical (unpaired) electrons. The van der Waals surface area contributed by atoms with Crippen molar-refractivity contribution in [2.45, 2.75) is 13.8 Å². The maximum atomic E-state index is 13.1. The topological polar surface area (TPSA) is 69.1 Å². The number of hydrazine groups is 1. The fourth-order valence-corrected chi connectivity index (χ4v) is 3.79. The average Bonchev–Trinajstić information content (AvgIpc) is 2.80. The van der Waals surface area contributed by atoms with Gasteiger partial charge in [-0.05, 0) is 62.4 Å². The molecule has 7 nitrogen and oxygen atoms in total. The molecule has 0 saturated carbocycles. The van der Waals surface area contributed by atoms with Gasteiger partial charge in [0.25, 0.3) is 11.8 Å². The highest BCUT2D eigenvalue weighted by molar-refractivity contribution is 5.95. The zero-order valence-electron chi connectivity index (χ0n) is 18.2. The molecule has 0 spiro atoms. The van der Waals surface area contributed by atoms with Gasteiger partial charge in [0.15, 0.2) is 6.54 Å². The lowest BCUT2D eigenvalue weighted by molar-refractivity contribution is -0.892. The van der Waals surface area contributed by atoms with Gasteiger partial charge < -0.3 is 14.7 Å². The number of nitrogens with one attached hydrogen (secondary N) is 3. The summed E-state index contributed by atoms with van der Waals surface area (Å²) in [5.41, 5.74) is 7.56. The highest BCUT2D eigenvalue weighted by Crippen LogP contribution is 2.15. The molecule has 0 aromatic heterocycles. The smallest absolute Gasteiger partial charge is 0.293 e. The molecule has 0 atom stereocenters. The molecule has 3 rings (SSSR count). The molecule has 1 aliphatic heterocycles. The molecule has 2 aromatic rings. The summed E-state index contributed by atoms with van der Waals surface area (Å²) in [7, 11) is 0. The van der Waals surface area contributed by atoms with Crippen LogP contribution in [0.4, 0.5) is 15.8 Å². The van der Waals surface area contributed by atoms with Crippen molar-refractivity contribution in [1.82, 2.24) is 10.9 Å². The number of hydrogen-bond acceptors (Lipinski definition) is 4. The van der Waals surface area contributed by atoms with Crippen molar-refractivity contribution >= 4 is 23.2 Å². The molecule has 3 N–H and O–H groups in total. The standard InChI is InChI=1S/C23H30FN5O2/c1-3-28(4-2)20-9-5-18(6-10-20)23(31)26-25-22(30)17-27-13-15-29(16-14-27)21-11-7-19(24)8-12-21/h5-12H,3-4,13-17H2,1-2H3,(H,25,30)(H,26,31)/p+1. The number of carbonyl (C=O) groups is 2. The van der Waals surface area contributed by atoms with Gasteiger partial charge in [-0.3, -0.25) is 20.4 Å². The van der Waals surface area contributed by atoms with Crippen molar-refractivity contribution in [3.63, 3.8) is 0 Å². The van der Waals surface area contributed by atoms with Crippen LogP contribution in [0.25, 0.3) is 0 Å². The Labute approximate surface area is 182 Å². The molecule has 31 heavy (non-hydrogen) atoms. The number of carbonyl (C=O) groups excluding carboxylic acids is 2. The average molecular weight is 429 g/mol. The Bertz CT molecular complexity index is 861. The van der Waals surface area contributed by atoms with Gasteiger partial charge in [-0.25, -0.2) is 4.39 Å². The molecule has 0 unspecified atom stereocenters. The Morgan fingerprint density at radius 1 is 0.968 bits per heavy atom. The second kappa shape index (κ2) is 10.8. The number of halogens is 1. The van der Waals surface area contributed by atoms with Gasteiger partial charge in [0, 0.05) is 30.0 Å². The first-order valence-electron chi connectivity index (χ1n) is 10.8. The van der Waals surface area contributed by atoms with Crippen LogP contribution in [0.5, 0.6) is 0 Å². The zero-order chi connectivity index (χ0) is 22.2. The predicted molar refractivity (Wildman–Crippen MR) is 120 cm³/mol. The first kappa shape index (κ1) is 22.6. The second-order valence-corrected chi connectivity index (χ2v) is 7.61. The van der Waals surface area contributed by atoms with Crippen LogP contribution in [0.15, 0.2) is 48.5 Å². The van der Waals surface area contributed by atoms with Crippen LogP contribution < -0.4 is 25.6 Å². The van der Waals surface area contributed by atoms with E-state index >= 15 is 0 Å². The number of benzene rings is 2. The minimum Gasteiger partial charge on any atom is -0.372 e. The molecule has 166 valence electrons. The summed E-state index contributed by atoms with van der Waals surface area (Å²) in [6.45, 7) is 9.44. The SMILES string of the molecule is CCN(CC)c1ccc(C(=O)NNC(=O)C[NH+]2CCN(c3ccc(F)cc3)CC2)cc1. The van der Waals surface area contributed by atoms with Gasteiger partial charge in [-0.15, -0.1) is 0 Å². The van der Waals surface area contributed by atoms with Crippen LogP contribution in [0.3, 0.4) is 0 Å². The Morgan fingerprint density at radius 2 is 1.58 bits per heavy atom. The molecular weight excluding hydrogens is 397 g/mol. The minimum atomic E-state index is -0.337. The third-order valence-electron chi connectivity index (χ3n) is 5.65. The van der Waals surface area contributed by atoms with Crippen LogP contribution in [0, 0.1) is 5.82 Å². The molecule has 2 amide bonds. The second-order valence-electron chi connectivity index (χ2n) is 7.61. The van der Waals surface area contributed by atoms with Crippen LogP contribution >= 0.6 is 0 Å². The summed E-state index contributed by atoms with van der Waals surface area (Å²) < 4.78 is 13.1. The lowest BCUT2D eigenvalue weighted by Gasteiger charge is -2.33. The van der Waals surface area contributed by atoms with E-state index in [0.717, 1.165) is 55.5 Å². The lowest BCUT2D eigenvalue weighted by Crippen LogP contribution is -3.16. The number of piperazine rings is 1. The van der Waals surface area contributed by atoms with Crippen molar-refractivity contribution < 1.29 is 18.9 Å². The molecule has 0 bridgehead atoms. The molecule has 1 aliphatic rings. The third-order valence-corrected chi connectivity index (χ3v) is 5.65. The van der Waals surface area contributed by atoms with E-state index < -0.39 is 0 Å². The fraction of sp³-hybridized carbons (Fsp3) is 0.391. The maximum Gasteiger partial charge on any atom is 0.293 e. The van der Waals surface area contributed by atoms with E-state index in [4.69, 9.17) is 0 Å². The summed E-state index contributed by atoms with van der Waals surface area (Å²) in [4.78, 5) is 30.1. The monoisotopic (exact) mass is 428 g/mol. The summed E-state index contributed by atoms with van der Waals surface area (Å²) in [6.07, 6.45) is 0. The maximum absolute atomic E-state index is 13.1. The molecule has 1 fully saturated rings. The largest absolute Gasteiger partial charge is 0.372 e. The van der Waals surface area contributed by atoms with Crippen LogP contribution in [-0.2, 0) is 4.79 Å². The lowest BCUT2D eigenvalue weighted by atomic mass is 10.2. The highest BCUT2D eigenvalue weighted by atomic mass is 19.1. The molecule has 1 saturated heterocycles. The quantitative estimate of drug-likeness (QED) is 0.572. The number of hydrogen-bond donors (Lipinski definition) is 3. The van der Waals surface area contributed by atoms with E-state index in [1.807, 2.05) is 12.1 Å². The summed E-state index contributed by atoms with van der Waals surface area (Å²) in [5.74, 6) is -0.805. The highest BCUT2D eigenvalue weighted by Gasteiger charge is 2.22. The number of quaternary nitrogens is 1. The van der Waals surface area contributed by atoms with E-state index in [1.165, 1.54) is 12.1 Å². The van der Waals surface area contributed by atoms with Gasteiger partial charge in [0.05, 0.1) is 26.2 Å². The van der Waals surface area contributed by atoms with Gasteiger partial charge in [0.1, 0.15) is 5.82 Å². The Morgan fingerprint density at radius 3 is 2.16 bits per heavy atom. The minimum absolute atomic E-state index is 0.224. The van der Waals surface area contributed by atoms with Gasteiger partial charge >= 0.3 is 0 Å². The number of anilines is 2.